The van der Waals surface area contributed by atoms with Crippen molar-refractivity contribution in [2.75, 3.05) is 39.4 Å². The van der Waals surface area contributed by atoms with E-state index in [0.29, 0.717) is 12.6 Å². The van der Waals surface area contributed by atoms with Crippen molar-refractivity contribution in [1.82, 2.24) is 9.80 Å². The number of carbonyl (C=O) groups excluding carboxylic acids is 1. The van der Waals surface area contributed by atoms with E-state index >= 15 is 0 Å². The number of amides is 1. The standard InChI is InChI=1S/C17H30N2O4/c1-13(23-12-14-4-3-11-22-14)17(21)19-9-7-18(8-10-19)15-5-2-6-16(15)20/h13-16,20H,2-12H2,1H3/t13-,14-,15-,16+/m0/s1. The van der Waals surface area contributed by atoms with Crippen molar-refractivity contribution in [1.29, 1.82) is 0 Å². The average Bonchev–Trinajstić information content (AvgIpc) is 3.23. The topological polar surface area (TPSA) is 62.2 Å². The first-order chi connectivity index (χ1) is 11.1. The van der Waals surface area contributed by atoms with Crippen LogP contribution in [0.25, 0.3) is 0 Å². The van der Waals surface area contributed by atoms with Crippen LogP contribution in [-0.4, -0.2) is 84.6 Å². The molecule has 3 rings (SSSR count). The SMILES string of the molecule is C[C@H](OC[C@@H]1CCCO1)C(=O)N1CCN([C@H]2CCC[C@H]2O)CC1. The molecule has 2 heterocycles. The zero-order valence-corrected chi connectivity index (χ0v) is 14.2. The summed E-state index contributed by atoms with van der Waals surface area (Å²) in [5, 5.41) is 10.0. The normalized spacial score (nSPS) is 34.0. The zero-order valence-electron chi connectivity index (χ0n) is 14.2. The van der Waals surface area contributed by atoms with Crippen LogP contribution in [0.2, 0.25) is 0 Å². The minimum absolute atomic E-state index is 0.0783. The van der Waals surface area contributed by atoms with Gasteiger partial charge in [-0.25, -0.2) is 0 Å². The summed E-state index contributed by atoms with van der Waals surface area (Å²) >= 11 is 0. The Kier molecular flexibility index (Phi) is 5.91. The van der Waals surface area contributed by atoms with E-state index in [9.17, 15) is 9.90 Å². The van der Waals surface area contributed by atoms with Crippen molar-refractivity contribution in [2.24, 2.45) is 0 Å². The Balaban J connectivity index is 1.40. The Labute approximate surface area is 138 Å². The van der Waals surface area contributed by atoms with Crippen molar-refractivity contribution in [3.63, 3.8) is 0 Å². The number of piperazine rings is 1. The smallest absolute Gasteiger partial charge is 0.251 e. The van der Waals surface area contributed by atoms with Gasteiger partial charge < -0.3 is 19.5 Å². The van der Waals surface area contributed by atoms with Gasteiger partial charge >= 0.3 is 0 Å². The molecule has 0 radical (unpaired) electrons. The van der Waals surface area contributed by atoms with Crippen LogP contribution in [-0.2, 0) is 14.3 Å². The third-order valence-corrected chi connectivity index (χ3v) is 5.44. The fourth-order valence-electron chi connectivity index (χ4n) is 3.98. The number of hydrogen-bond donors (Lipinski definition) is 1. The van der Waals surface area contributed by atoms with Gasteiger partial charge in [-0.3, -0.25) is 9.69 Å². The van der Waals surface area contributed by atoms with E-state index in [1.807, 2.05) is 11.8 Å². The molecule has 0 aromatic rings. The molecule has 0 aromatic carbocycles. The second-order valence-electron chi connectivity index (χ2n) is 7.04. The van der Waals surface area contributed by atoms with Crippen LogP contribution in [0.3, 0.4) is 0 Å². The van der Waals surface area contributed by atoms with Crippen molar-refractivity contribution in [3.8, 4) is 0 Å². The fourth-order valence-corrected chi connectivity index (χ4v) is 3.98. The van der Waals surface area contributed by atoms with Crippen molar-refractivity contribution < 1.29 is 19.4 Å². The molecule has 1 aliphatic carbocycles. The quantitative estimate of drug-likeness (QED) is 0.803. The Bertz CT molecular complexity index is 392. The van der Waals surface area contributed by atoms with Crippen LogP contribution < -0.4 is 0 Å². The third kappa shape index (κ3) is 4.24. The van der Waals surface area contributed by atoms with Crippen LogP contribution in [0.4, 0.5) is 0 Å². The van der Waals surface area contributed by atoms with E-state index in [-0.39, 0.29) is 18.1 Å². The molecular formula is C17H30N2O4. The summed E-state index contributed by atoms with van der Waals surface area (Å²) in [6.45, 7) is 6.33. The van der Waals surface area contributed by atoms with E-state index in [1.54, 1.807) is 0 Å². The Morgan fingerprint density at radius 1 is 1.22 bits per heavy atom. The lowest BCUT2D eigenvalue weighted by molar-refractivity contribution is -0.146. The second-order valence-corrected chi connectivity index (χ2v) is 7.04. The summed E-state index contributed by atoms with van der Waals surface area (Å²) in [5.74, 6) is 0.0783. The third-order valence-electron chi connectivity index (χ3n) is 5.44. The van der Waals surface area contributed by atoms with E-state index in [1.165, 1.54) is 0 Å². The lowest BCUT2D eigenvalue weighted by atomic mass is 10.1. The molecular weight excluding hydrogens is 296 g/mol. The van der Waals surface area contributed by atoms with Gasteiger partial charge in [0.1, 0.15) is 6.10 Å². The number of aliphatic hydroxyl groups is 1. The predicted molar refractivity (Wildman–Crippen MR) is 86.2 cm³/mol. The minimum atomic E-state index is -0.400. The largest absolute Gasteiger partial charge is 0.391 e. The summed E-state index contributed by atoms with van der Waals surface area (Å²) in [5.41, 5.74) is 0. The maximum atomic E-state index is 12.5. The average molecular weight is 326 g/mol. The Morgan fingerprint density at radius 3 is 2.61 bits per heavy atom. The first-order valence-electron chi connectivity index (χ1n) is 9.09. The lowest BCUT2D eigenvalue weighted by Gasteiger charge is -2.39. The molecule has 6 heteroatoms. The predicted octanol–water partition coefficient (Wildman–Crippen LogP) is 0.628. The van der Waals surface area contributed by atoms with E-state index < -0.39 is 6.10 Å². The highest BCUT2D eigenvalue weighted by molar-refractivity contribution is 5.80. The molecule has 0 aromatic heterocycles. The van der Waals surface area contributed by atoms with E-state index in [2.05, 4.69) is 4.90 Å². The first-order valence-corrected chi connectivity index (χ1v) is 9.09. The molecule has 0 unspecified atom stereocenters. The van der Waals surface area contributed by atoms with Crippen LogP contribution in [0, 0.1) is 0 Å². The molecule has 0 bridgehead atoms. The monoisotopic (exact) mass is 326 g/mol. The molecule has 2 saturated heterocycles. The van der Waals surface area contributed by atoms with Gasteiger partial charge in [-0.2, -0.15) is 0 Å². The summed E-state index contributed by atoms with van der Waals surface area (Å²) < 4.78 is 11.2. The van der Waals surface area contributed by atoms with Gasteiger partial charge in [0.2, 0.25) is 0 Å². The van der Waals surface area contributed by atoms with Crippen LogP contribution in [0.5, 0.6) is 0 Å². The van der Waals surface area contributed by atoms with Gasteiger partial charge in [0.15, 0.2) is 0 Å². The fraction of sp³-hybridized carbons (Fsp3) is 0.941. The number of ether oxygens (including phenoxy) is 2. The molecule has 3 fully saturated rings. The number of rotatable bonds is 5. The molecule has 23 heavy (non-hydrogen) atoms. The Hall–Kier alpha value is -0.690. The molecule has 1 saturated carbocycles. The summed E-state index contributed by atoms with van der Waals surface area (Å²) in [6, 6.07) is 0.292. The Morgan fingerprint density at radius 2 is 2.00 bits per heavy atom. The summed E-state index contributed by atoms with van der Waals surface area (Å²) in [6.07, 6.45) is 4.79. The molecule has 1 N–H and O–H groups in total. The highest BCUT2D eigenvalue weighted by atomic mass is 16.5. The molecule has 1 amide bonds. The van der Waals surface area contributed by atoms with Gasteiger partial charge in [0.25, 0.3) is 5.91 Å². The zero-order chi connectivity index (χ0) is 16.2. The highest BCUT2D eigenvalue weighted by Crippen LogP contribution is 2.25. The number of hydrogen-bond acceptors (Lipinski definition) is 5. The molecule has 0 spiro atoms. The summed E-state index contributed by atoms with van der Waals surface area (Å²) in [7, 11) is 0. The first kappa shape index (κ1) is 17.1. The van der Waals surface area contributed by atoms with E-state index in [4.69, 9.17) is 9.47 Å². The number of carbonyl (C=O) groups is 1. The second kappa shape index (κ2) is 7.92. The van der Waals surface area contributed by atoms with Crippen LogP contribution in [0.15, 0.2) is 0 Å². The maximum absolute atomic E-state index is 12.5. The minimum Gasteiger partial charge on any atom is -0.391 e. The van der Waals surface area contributed by atoms with Gasteiger partial charge in [0, 0.05) is 38.8 Å². The molecule has 2 aliphatic heterocycles. The number of aliphatic hydroxyl groups excluding tert-OH is 1. The van der Waals surface area contributed by atoms with Crippen molar-refractivity contribution >= 4 is 5.91 Å². The molecule has 3 aliphatic rings. The van der Waals surface area contributed by atoms with Gasteiger partial charge in [0.05, 0.1) is 18.8 Å². The van der Waals surface area contributed by atoms with E-state index in [0.717, 1.165) is 64.9 Å². The molecule has 4 atom stereocenters. The van der Waals surface area contributed by atoms with Crippen molar-refractivity contribution in [3.05, 3.63) is 0 Å². The van der Waals surface area contributed by atoms with Gasteiger partial charge in [-0.05, 0) is 39.0 Å². The van der Waals surface area contributed by atoms with Crippen molar-refractivity contribution in [2.45, 2.75) is 63.4 Å². The van der Waals surface area contributed by atoms with Gasteiger partial charge in [-0.15, -0.1) is 0 Å². The van der Waals surface area contributed by atoms with Crippen LogP contribution >= 0.6 is 0 Å². The van der Waals surface area contributed by atoms with Gasteiger partial charge in [-0.1, -0.05) is 0 Å². The molecule has 132 valence electrons. The lowest BCUT2D eigenvalue weighted by Crippen LogP contribution is -2.55. The number of nitrogens with zero attached hydrogens (tertiary/aromatic N) is 2. The summed E-state index contributed by atoms with van der Waals surface area (Å²) in [4.78, 5) is 16.7. The van der Waals surface area contributed by atoms with Crippen LogP contribution in [0.1, 0.15) is 39.0 Å². The maximum Gasteiger partial charge on any atom is 0.251 e. The molecule has 6 nitrogen and oxygen atoms in total. The highest BCUT2D eigenvalue weighted by Gasteiger charge is 2.34.